The first kappa shape index (κ1) is 23.2. The average molecular weight is 369 g/mol. The number of carbonyl (C=O) groups is 1. The van der Waals surface area contributed by atoms with Crippen LogP contribution in [0.15, 0.2) is 12.2 Å². The molecule has 1 saturated carbocycles. The van der Waals surface area contributed by atoms with Crippen LogP contribution in [0.4, 0.5) is 0 Å². The normalized spacial score (nSPS) is 25.5. The van der Waals surface area contributed by atoms with Gasteiger partial charge in [0.15, 0.2) is 0 Å². The fraction of sp³-hybridized carbons (Fsp3) is 0.864. The largest absolute Gasteiger partial charge is 0.469 e. The summed E-state index contributed by atoms with van der Waals surface area (Å²) in [5, 5.41) is 20.9. The minimum absolute atomic E-state index is 0.150. The van der Waals surface area contributed by atoms with Crippen LogP contribution in [0.5, 0.6) is 0 Å². The predicted molar refractivity (Wildman–Crippen MR) is 106 cm³/mol. The molecule has 0 aliphatic heterocycles. The van der Waals surface area contributed by atoms with E-state index < -0.39 is 5.60 Å². The molecule has 1 rings (SSSR count). The predicted octanol–water partition coefficient (Wildman–Crippen LogP) is 4.77. The van der Waals surface area contributed by atoms with Crippen LogP contribution < -0.4 is 0 Å². The van der Waals surface area contributed by atoms with E-state index in [0.717, 1.165) is 57.8 Å². The van der Waals surface area contributed by atoms with Gasteiger partial charge in [-0.15, -0.1) is 0 Å². The molecule has 0 bridgehead atoms. The van der Waals surface area contributed by atoms with Crippen LogP contribution in [0, 0.1) is 11.8 Å². The molecule has 4 heteroatoms. The number of hydrogen-bond donors (Lipinski definition) is 2. The Morgan fingerprint density at radius 3 is 2.65 bits per heavy atom. The molecule has 2 N–H and O–H groups in total. The number of allylic oxidation sites excluding steroid dienone is 2. The molecule has 4 nitrogen and oxygen atoms in total. The number of rotatable bonds is 13. The number of aliphatic hydroxyl groups is 2. The molecule has 4 atom stereocenters. The smallest absolute Gasteiger partial charge is 0.305 e. The Kier molecular flexibility index (Phi) is 11.1. The van der Waals surface area contributed by atoms with Gasteiger partial charge in [-0.05, 0) is 70.1 Å². The van der Waals surface area contributed by atoms with Crippen molar-refractivity contribution < 1.29 is 19.7 Å². The van der Waals surface area contributed by atoms with Crippen molar-refractivity contribution in [1.82, 2.24) is 0 Å². The lowest BCUT2D eigenvalue weighted by atomic mass is 9.83. The third-order valence-corrected chi connectivity index (χ3v) is 5.85. The molecule has 1 aliphatic rings. The van der Waals surface area contributed by atoms with Crippen molar-refractivity contribution >= 4 is 5.97 Å². The molecule has 1 fully saturated rings. The molecule has 1 aliphatic carbocycles. The van der Waals surface area contributed by atoms with Crippen LogP contribution in [-0.4, -0.2) is 35.0 Å². The minimum Gasteiger partial charge on any atom is -0.469 e. The molecule has 0 aromatic rings. The molecule has 0 saturated heterocycles. The lowest BCUT2D eigenvalue weighted by molar-refractivity contribution is -0.140. The molecule has 0 radical (unpaired) electrons. The van der Waals surface area contributed by atoms with E-state index in [1.165, 1.54) is 20.0 Å². The van der Waals surface area contributed by atoms with E-state index >= 15 is 0 Å². The highest BCUT2D eigenvalue weighted by molar-refractivity contribution is 5.69. The maximum atomic E-state index is 11.1. The van der Waals surface area contributed by atoms with Gasteiger partial charge in [-0.2, -0.15) is 0 Å². The monoisotopic (exact) mass is 368 g/mol. The quantitative estimate of drug-likeness (QED) is 0.279. The summed E-state index contributed by atoms with van der Waals surface area (Å²) in [5.41, 5.74) is -0.605. The van der Waals surface area contributed by atoms with Crippen molar-refractivity contribution in [3.63, 3.8) is 0 Å². The molecule has 0 aromatic carbocycles. The number of aliphatic hydroxyl groups excluding tert-OH is 1. The number of ether oxygens (including phenoxy) is 1. The van der Waals surface area contributed by atoms with Gasteiger partial charge >= 0.3 is 5.97 Å². The highest BCUT2D eigenvalue weighted by atomic mass is 16.5. The second kappa shape index (κ2) is 12.5. The van der Waals surface area contributed by atoms with Crippen molar-refractivity contribution in [2.75, 3.05) is 7.11 Å². The zero-order chi connectivity index (χ0) is 19.4. The van der Waals surface area contributed by atoms with Crippen LogP contribution in [-0.2, 0) is 9.53 Å². The number of methoxy groups -OCH3 is 1. The molecule has 0 aromatic heterocycles. The Morgan fingerprint density at radius 1 is 1.19 bits per heavy atom. The van der Waals surface area contributed by atoms with Crippen LogP contribution in [0.25, 0.3) is 0 Å². The molecule has 1 unspecified atom stereocenters. The van der Waals surface area contributed by atoms with E-state index in [1.807, 2.05) is 6.92 Å². The molecule has 0 spiro atoms. The molecule has 152 valence electrons. The lowest BCUT2D eigenvalue weighted by Crippen LogP contribution is -2.28. The van der Waals surface area contributed by atoms with E-state index in [0.29, 0.717) is 18.3 Å². The van der Waals surface area contributed by atoms with E-state index in [2.05, 4.69) is 23.8 Å². The van der Waals surface area contributed by atoms with Crippen molar-refractivity contribution in [1.29, 1.82) is 0 Å². The average Bonchev–Trinajstić information content (AvgIpc) is 2.96. The van der Waals surface area contributed by atoms with E-state index in [9.17, 15) is 15.0 Å². The highest BCUT2D eigenvalue weighted by Crippen LogP contribution is 2.39. The third kappa shape index (κ3) is 9.18. The van der Waals surface area contributed by atoms with Gasteiger partial charge in [-0.1, -0.05) is 38.3 Å². The fourth-order valence-electron chi connectivity index (χ4n) is 4.06. The van der Waals surface area contributed by atoms with Crippen LogP contribution in [0.2, 0.25) is 0 Å². The standard InChI is InChI=1S/C22H40O4/c1-4-5-10-16-22(2,25)17-15-19-18(13-14-20(19)23)11-8-6-7-9-12-21(24)26-3/h6,8,18-20,23,25H,4-5,7,9-17H2,1-3H3/b8-6-/t18-,19?,20+,22-/m0/s1. The minimum atomic E-state index is -0.605. The first-order valence-electron chi connectivity index (χ1n) is 10.5. The van der Waals surface area contributed by atoms with Gasteiger partial charge in [0.2, 0.25) is 0 Å². The Bertz CT molecular complexity index is 416. The topological polar surface area (TPSA) is 66.8 Å². The Hall–Kier alpha value is -0.870. The van der Waals surface area contributed by atoms with Crippen molar-refractivity contribution in [2.45, 2.75) is 103 Å². The third-order valence-electron chi connectivity index (χ3n) is 5.85. The zero-order valence-electron chi connectivity index (χ0n) is 17.1. The number of carbonyl (C=O) groups excluding carboxylic acids is 1. The summed E-state index contributed by atoms with van der Waals surface area (Å²) in [6.45, 7) is 4.12. The lowest BCUT2D eigenvalue weighted by Gasteiger charge is -2.28. The maximum absolute atomic E-state index is 11.1. The van der Waals surface area contributed by atoms with Crippen LogP contribution in [0.3, 0.4) is 0 Å². The Labute approximate surface area is 160 Å². The fourth-order valence-corrected chi connectivity index (χ4v) is 4.06. The maximum Gasteiger partial charge on any atom is 0.305 e. The van der Waals surface area contributed by atoms with Crippen LogP contribution >= 0.6 is 0 Å². The Morgan fingerprint density at radius 2 is 1.96 bits per heavy atom. The second-order valence-electron chi connectivity index (χ2n) is 8.24. The molecule has 0 heterocycles. The van der Waals surface area contributed by atoms with Gasteiger partial charge < -0.3 is 14.9 Å². The molecule has 0 amide bonds. The van der Waals surface area contributed by atoms with Crippen molar-refractivity contribution in [3.8, 4) is 0 Å². The van der Waals surface area contributed by atoms with Crippen LogP contribution in [0.1, 0.15) is 90.9 Å². The molecular formula is C22H40O4. The summed E-state index contributed by atoms with van der Waals surface area (Å²) in [5.74, 6) is 0.657. The highest BCUT2D eigenvalue weighted by Gasteiger charge is 2.35. The number of hydrogen-bond acceptors (Lipinski definition) is 4. The van der Waals surface area contributed by atoms with Gasteiger partial charge in [0, 0.05) is 6.42 Å². The zero-order valence-corrected chi connectivity index (χ0v) is 17.1. The number of unbranched alkanes of at least 4 members (excludes halogenated alkanes) is 3. The van der Waals surface area contributed by atoms with Gasteiger partial charge in [0.05, 0.1) is 18.8 Å². The van der Waals surface area contributed by atoms with E-state index in [4.69, 9.17) is 0 Å². The van der Waals surface area contributed by atoms with E-state index in [-0.39, 0.29) is 12.1 Å². The summed E-state index contributed by atoms with van der Waals surface area (Å²) in [6.07, 6.45) is 15.2. The molecular weight excluding hydrogens is 328 g/mol. The van der Waals surface area contributed by atoms with Gasteiger partial charge in [0.25, 0.3) is 0 Å². The SMILES string of the molecule is CCCCC[C@](C)(O)CCC1[C@@H](C/C=C\CCCC(=O)OC)CC[C@H]1O. The summed E-state index contributed by atoms with van der Waals surface area (Å²) >= 11 is 0. The first-order valence-corrected chi connectivity index (χ1v) is 10.5. The second-order valence-corrected chi connectivity index (χ2v) is 8.24. The van der Waals surface area contributed by atoms with Crippen molar-refractivity contribution in [2.24, 2.45) is 11.8 Å². The summed E-state index contributed by atoms with van der Waals surface area (Å²) < 4.78 is 4.64. The van der Waals surface area contributed by atoms with E-state index in [1.54, 1.807) is 0 Å². The summed E-state index contributed by atoms with van der Waals surface area (Å²) in [6, 6.07) is 0. The molecule has 26 heavy (non-hydrogen) atoms. The first-order chi connectivity index (χ1) is 12.4. The van der Waals surface area contributed by atoms with Crippen molar-refractivity contribution in [3.05, 3.63) is 12.2 Å². The van der Waals surface area contributed by atoms with Gasteiger partial charge in [0.1, 0.15) is 0 Å². The number of esters is 1. The Balaban J connectivity index is 2.33. The summed E-state index contributed by atoms with van der Waals surface area (Å²) in [4.78, 5) is 11.1. The van der Waals surface area contributed by atoms with Gasteiger partial charge in [-0.3, -0.25) is 4.79 Å². The van der Waals surface area contributed by atoms with Gasteiger partial charge in [-0.25, -0.2) is 0 Å². The summed E-state index contributed by atoms with van der Waals surface area (Å²) in [7, 11) is 1.42.